The van der Waals surface area contributed by atoms with Gasteiger partial charge >= 0.3 is 0 Å². The fourth-order valence-electron chi connectivity index (χ4n) is 17.5. The summed E-state index contributed by atoms with van der Waals surface area (Å²) in [5.41, 5.74) is 88.8. The van der Waals surface area contributed by atoms with Gasteiger partial charge in [0.2, 0.25) is 5.91 Å². The van der Waals surface area contributed by atoms with Crippen molar-refractivity contribution in [3.05, 3.63) is 395 Å². The number of nitrogens with zero attached hydrogens (tertiary/aromatic N) is 9. The highest BCUT2D eigenvalue weighted by molar-refractivity contribution is 7.17. The Hall–Kier alpha value is -18.5. The molecule has 0 atom stereocenters. The topological polar surface area (TPSA) is 441 Å². The van der Waals surface area contributed by atoms with Crippen molar-refractivity contribution in [2.75, 3.05) is 51.2 Å². The van der Waals surface area contributed by atoms with Crippen LogP contribution in [0.3, 0.4) is 0 Å². The van der Waals surface area contributed by atoms with Gasteiger partial charge in [-0.15, -0.1) is 22.7 Å². The third kappa shape index (κ3) is 23.3. The molecule has 23 rings (SSSR count). The van der Waals surface area contributed by atoms with E-state index in [2.05, 4.69) is 172 Å². The minimum Gasteiger partial charge on any atom is -0.398 e. The second-order valence-corrected chi connectivity index (χ2v) is 38.0. The molecule has 726 valence electrons. The van der Waals surface area contributed by atoms with Crippen LogP contribution in [0.5, 0.6) is 0 Å². The lowest BCUT2D eigenvalue weighted by atomic mass is 9.96. The van der Waals surface area contributed by atoms with Crippen LogP contribution in [0.1, 0.15) is 94.5 Å². The van der Waals surface area contributed by atoms with E-state index in [-0.39, 0.29) is 17.5 Å². The summed E-state index contributed by atoms with van der Waals surface area (Å²) < 4.78 is 29.6. The number of aromatic nitrogens is 10. The number of hydrogen-bond acceptors (Lipinski definition) is 23. The molecule has 21 aromatic rings. The number of nitrogen functional groups attached to an aromatic ring is 8. The minimum absolute atomic E-state index is 0.168. The van der Waals surface area contributed by atoms with Crippen LogP contribution in [0.25, 0.3) is 166 Å². The van der Waals surface area contributed by atoms with Gasteiger partial charge in [0.05, 0.1) is 113 Å². The number of pyridine rings is 6. The van der Waals surface area contributed by atoms with Crippen molar-refractivity contribution in [1.29, 1.82) is 16.2 Å². The van der Waals surface area contributed by atoms with E-state index in [1.807, 2.05) is 151 Å². The summed E-state index contributed by atoms with van der Waals surface area (Å²) in [6.07, 6.45) is 15.7. The first-order valence-corrected chi connectivity index (χ1v) is 49.3. The van der Waals surface area contributed by atoms with Gasteiger partial charge in [-0.05, 0) is 309 Å². The predicted molar refractivity (Wildman–Crippen MR) is 603 cm³/mol. The highest BCUT2D eigenvalue weighted by atomic mass is 32.1. The summed E-state index contributed by atoms with van der Waals surface area (Å²) in [5, 5.41) is 33.2. The number of carbonyl (C=O) groups is 1. The lowest BCUT2D eigenvalue weighted by Gasteiger charge is -2.13. The highest BCUT2D eigenvalue weighted by Crippen LogP contribution is 2.46. The van der Waals surface area contributed by atoms with Crippen LogP contribution in [0.2, 0.25) is 0 Å². The molecule has 0 unspecified atom stereocenters. The van der Waals surface area contributed by atoms with E-state index >= 15 is 0 Å². The third-order valence-corrected chi connectivity index (χ3v) is 26.9. The molecule has 9 heterocycles. The Morgan fingerprint density at radius 3 is 1.13 bits per heavy atom. The monoisotopic (exact) mass is 1970 g/mol. The number of thiazole rings is 2. The number of nitrogens with one attached hydrogen (secondary N) is 5. The van der Waals surface area contributed by atoms with Gasteiger partial charge in [0.25, 0.3) is 0 Å². The number of aromatic amines is 1. The number of hydrogen-bond donors (Lipinski definition) is 13. The van der Waals surface area contributed by atoms with Crippen LogP contribution in [-0.4, -0.2) is 74.6 Å². The number of aryl methyl sites for hydroxylation is 4. The van der Waals surface area contributed by atoms with Crippen molar-refractivity contribution in [1.82, 2.24) is 50.1 Å². The van der Waals surface area contributed by atoms with Crippen molar-refractivity contribution < 1.29 is 13.6 Å². The van der Waals surface area contributed by atoms with Gasteiger partial charge in [-0.1, -0.05) is 120 Å². The number of anilines is 9. The summed E-state index contributed by atoms with van der Waals surface area (Å²) in [5.74, 6) is 2.09. The van der Waals surface area contributed by atoms with E-state index < -0.39 is 0 Å². The molecule has 9 aromatic heterocycles. The Morgan fingerprint density at radius 2 is 0.714 bits per heavy atom. The zero-order chi connectivity index (χ0) is 103. The van der Waals surface area contributed by atoms with Crippen molar-refractivity contribution in [2.24, 2.45) is 0 Å². The number of nitrogens with two attached hydrogens (primary N) is 8. The molecule has 0 aliphatic heterocycles. The number of H-pyrrole nitrogens is 1. The van der Waals surface area contributed by atoms with E-state index in [0.29, 0.717) is 91.0 Å². The number of amides is 1. The van der Waals surface area contributed by atoms with Gasteiger partial charge in [-0.2, -0.15) is 5.10 Å². The number of rotatable bonds is 18. The standard InChI is InChI=1S/C21H17FN4O.C21H20N4.C21H17N3S.C19H17FN4.C19H18N4.C19H15N3S/c1-12-7-15(3-5-19(12)22)21-18(9-17(11-23-21)25-13(2)27)14-4-6-20-16(8-14)10-24-26-20;22-12-17-11-15(6-8-19(17)23)18-7-9-20(24)25-21(18)16-3-1-2-14(10-16)13-4-5-13;22-17-10-18(15-6-7-19-20(9-15)25-12-24-19)21(23-11-17)16-3-1-2-14(8-16)13-4-5-13;1-11-8-13(2-5-16(11)20)19-15(4-7-18(23)24-19)12-3-6-17(22)14(9-12)10-21;1-12-3-2-4-14(9-12)19-16(6-8-18(22)23-19)13-5-7-17(21)15(10-13)11-20;1-12-3-2-4-14(7-12)19-16(9-15(20)10-21-19)13-5-6-17-18(8-13)23-11-22-17/h3-11H,1-2H3,(H,24,26)(H,25,27);1-3,6-13,22H,4-5,23H2,(H2,24,25);1-3,6-13H,4-5,22H2;2-10,21H,22H2,1H3,(H2,23,24);2-11,20H,21H2,1H3,(H2,22,23);2-11H,20H2,1H3. The fraction of sp³-hybridized carbons (Fsp3) is 0.0917. The molecule has 0 radical (unpaired) electrons. The predicted octanol–water partition coefficient (Wildman–Crippen LogP) is 27.5. The molecule has 0 bridgehead atoms. The Labute approximate surface area is 856 Å². The molecule has 27 heteroatoms. The fourth-order valence-corrected chi connectivity index (χ4v) is 18.9. The first kappa shape index (κ1) is 98.7. The second-order valence-electron chi connectivity index (χ2n) is 36.2. The van der Waals surface area contributed by atoms with Crippen molar-refractivity contribution in [2.45, 2.75) is 72.1 Å². The Bertz CT molecular complexity index is 8580. The van der Waals surface area contributed by atoms with E-state index in [1.165, 1.54) is 89.5 Å². The second kappa shape index (κ2) is 44.0. The maximum absolute atomic E-state index is 13.7. The van der Waals surface area contributed by atoms with Gasteiger partial charge in [-0.25, -0.2) is 33.7 Å². The first-order valence-electron chi connectivity index (χ1n) is 47.5. The molecule has 2 aliphatic carbocycles. The largest absolute Gasteiger partial charge is 0.398 e. The Morgan fingerprint density at radius 1 is 0.354 bits per heavy atom. The molecule has 12 aromatic carbocycles. The molecule has 23 nitrogen and oxygen atoms in total. The zero-order valence-corrected chi connectivity index (χ0v) is 82.7. The lowest BCUT2D eigenvalue weighted by Crippen LogP contribution is -2.06. The van der Waals surface area contributed by atoms with E-state index in [1.54, 1.807) is 104 Å². The van der Waals surface area contributed by atoms with E-state index in [4.69, 9.17) is 62.1 Å². The summed E-state index contributed by atoms with van der Waals surface area (Å²) >= 11 is 3.30. The van der Waals surface area contributed by atoms with Gasteiger partial charge < -0.3 is 67.4 Å². The number of benzene rings is 12. The average Bonchev–Trinajstić information content (AvgIpc) is 1.74. The molecule has 0 saturated heterocycles. The molecule has 21 N–H and O–H groups in total. The summed E-state index contributed by atoms with van der Waals surface area (Å²) in [6.45, 7) is 9.02. The van der Waals surface area contributed by atoms with Crippen molar-refractivity contribution in [3.8, 4) is 134 Å². The molecule has 2 aliphatic rings. The van der Waals surface area contributed by atoms with Crippen LogP contribution in [0.4, 0.5) is 60.4 Å². The lowest BCUT2D eigenvalue weighted by molar-refractivity contribution is -0.114. The Kier molecular flexibility index (Phi) is 29.5. The van der Waals surface area contributed by atoms with Gasteiger partial charge in [-0.3, -0.25) is 24.8 Å². The van der Waals surface area contributed by atoms with Crippen LogP contribution in [0.15, 0.2) is 333 Å². The summed E-state index contributed by atoms with van der Waals surface area (Å²) in [6, 6.07) is 96.0. The normalized spacial score (nSPS) is 11.8. The summed E-state index contributed by atoms with van der Waals surface area (Å²) in [7, 11) is 0. The number of fused-ring (bicyclic) bond motifs is 3. The quantitative estimate of drug-likeness (QED) is 0.0280. The van der Waals surface area contributed by atoms with Gasteiger partial charge in [0, 0.05) is 131 Å². The zero-order valence-electron chi connectivity index (χ0n) is 81.1. The molecule has 1 amide bonds. The van der Waals surface area contributed by atoms with Crippen LogP contribution >= 0.6 is 22.7 Å². The van der Waals surface area contributed by atoms with Crippen molar-refractivity contribution in [3.63, 3.8) is 0 Å². The SMILES string of the molecule is CC(=O)Nc1cnc(-c2ccc(F)c(C)c2)c(-c2ccc3[nH]ncc3c2)c1.Cc1cc(-c2nc(N)ccc2-c2ccc(N)c(C=N)c2)ccc1F.Cc1cccc(-c2nc(N)ccc2-c2ccc(N)c(C=N)c2)c1.Cc1cccc(-c2ncc(N)cc2-c2ccc3ncsc3c2)c1.N=Cc1cc(-c2ccc(N)nc2-c2cccc(C3CC3)c2)ccc1N.Nc1cnc(-c2cccc(C3CC3)c2)c(-c2ccc3ncsc3c2)c1. The van der Waals surface area contributed by atoms with E-state index in [9.17, 15) is 13.6 Å². The van der Waals surface area contributed by atoms with Crippen LogP contribution < -0.4 is 51.2 Å². The summed E-state index contributed by atoms with van der Waals surface area (Å²) in [4.78, 5) is 47.6. The first-order chi connectivity index (χ1) is 71.2. The molecule has 0 spiro atoms. The van der Waals surface area contributed by atoms with Crippen LogP contribution in [-0.2, 0) is 4.79 Å². The van der Waals surface area contributed by atoms with Crippen molar-refractivity contribution >= 4 is 130 Å². The molecule has 147 heavy (non-hydrogen) atoms. The smallest absolute Gasteiger partial charge is 0.221 e. The molecule has 2 fully saturated rings. The third-order valence-electron chi connectivity index (χ3n) is 25.3. The number of halogens is 2. The minimum atomic E-state index is -0.261. The van der Waals surface area contributed by atoms with Crippen LogP contribution in [0, 0.1) is 55.6 Å². The number of carbonyl (C=O) groups excluding carboxylic acids is 1. The highest BCUT2D eigenvalue weighted by Gasteiger charge is 2.27. The van der Waals surface area contributed by atoms with Gasteiger partial charge in [0.1, 0.15) is 29.1 Å². The molecular formula is C120H104F2N22OS2. The molecule has 2 saturated carbocycles. The average molecular weight is 1970 g/mol. The van der Waals surface area contributed by atoms with E-state index in [0.717, 1.165) is 162 Å². The maximum Gasteiger partial charge on any atom is 0.221 e. The molecular weight excluding hydrogens is 1870 g/mol. The Balaban J connectivity index is 0.000000116. The van der Waals surface area contributed by atoms with Gasteiger partial charge in [0.15, 0.2) is 0 Å². The maximum atomic E-state index is 13.7.